The second kappa shape index (κ2) is 8.95. The molecule has 162 valence electrons. The molecule has 1 N–H and O–H groups in total. The van der Waals surface area contributed by atoms with E-state index in [2.05, 4.69) is 6.07 Å². The van der Waals surface area contributed by atoms with E-state index in [1.165, 1.54) is 6.08 Å². The topological polar surface area (TPSA) is 120 Å². The van der Waals surface area contributed by atoms with E-state index in [0.29, 0.717) is 17.1 Å². The van der Waals surface area contributed by atoms with Gasteiger partial charge in [-0.25, -0.2) is 4.79 Å². The van der Waals surface area contributed by atoms with Gasteiger partial charge in [0.05, 0.1) is 12.0 Å². The predicted octanol–water partition coefficient (Wildman–Crippen LogP) is 4.44. The third-order valence-electron chi connectivity index (χ3n) is 6.06. The van der Waals surface area contributed by atoms with Crippen molar-refractivity contribution in [3.05, 3.63) is 72.3 Å². The summed E-state index contributed by atoms with van der Waals surface area (Å²) in [6.07, 6.45) is 2.58. The Balaban J connectivity index is 1.93. The van der Waals surface area contributed by atoms with Gasteiger partial charge in [0.25, 0.3) is 0 Å². The zero-order valence-electron chi connectivity index (χ0n) is 17.7. The van der Waals surface area contributed by atoms with Crippen LogP contribution in [0.25, 0.3) is 0 Å². The largest absolute Gasteiger partial charge is 0.481 e. The Morgan fingerprint density at radius 3 is 2.44 bits per heavy atom. The van der Waals surface area contributed by atoms with E-state index in [1.807, 2.05) is 18.2 Å². The number of esters is 1. The molecule has 1 fully saturated rings. The first kappa shape index (κ1) is 22.6. The maximum Gasteiger partial charge on any atom is 0.331 e. The number of aliphatic carboxylic acids is 1. The fraction of sp³-hybridized carbons (Fsp3) is 0.280. The molecule has 2 aromatic rings. The molecule has 3 rings (SSSR count). The number of nitriles is 2. The third-order valence-corrected chi connectivity index (χ3v) is 6.06. The molecule has 0 heterocycles. The molecule has 0 amide bonds. The number of hydrogen-bond donors (Lipinski definition) is 1. The number of carboxylic acids is 1. The van der Waals surface area contributed by atoms with E-state index in [0.717, 1.165) is 6.08 Å². The van der Waals surface area contributed by atoms with Gasteiger partial charge >= 0.3 is 11.9 Å². The van der Waals surface area contributed by atoms with Gasteiger partial charge in [-0.3, -0.25) is 4.79 Å². The predicted molar refractivity (Wildman–Crippen MR) is 114 cm³/mol. The van der Waals surface area contributed by atoms with Crippen LogP contribution in [0.15, 0.2) is 66.7 Å². The van der Waals surface area contributed by atoms with Gasteiger partial charge in [0, 0.05) is 12.0 Å². The number of hydrogen-bond acceptors (Lipinski definition) is 6. The molecule has 0 unspecified atom stereocenters. The lowest BCUT2D eigenvalue weighted by Crippen LogP contribution is -2.28. The summed E-state index contributed by atoms with van der Waals surface area (Å²) < 4.78 is 10.5. The van der Waals surface area contributed by atoms with Crippen molar-refractivity contribution >= 4 is 11.9 Å². The van der Waals surface area contributed by atoms with Gasteiger partial charge in [-0.05, 0) is 35.2 Å². The summed E-state index contributed by atoms with van der Waals surface area (Å²) in [5, 5.41) is 28.7. The third kappa shape index (κ3) is 3.93. The second-order valence-corrected chi connectivity index (χ2v) is 8.05. The highest BCUT2D eigenvalue weighted by Gasteiger charge is 2.78. The maximum absolute atomic E-state index is 12.5. The van der Waals surface area contributed by atoms with Gasteiger partial charge in [-0.15, -0.1) is 0 Å². The number of para-hydroxylation sites is 1. The highest BCUT2D eigenvalue weighted by Crippen LogP contribution is 2.75. The molecule has 7 heteroatoms. The van der Waals surface area contributed by atoms with Gasteiger partial charge in [0.2, 0.25) is 0 Å². The van der Waals surface area contributed by atoms with E-state index in [4.69, 9.17) is 14.7 Å². The molecule has 0 aromatic heterocycles. The van der Waals surface area contributed by atoms with E-state index < -0.39 is 41.2 Å². The normalized spacial score (nSPS) is 21.7. The van der Waals surface area contributed by atoms with Crippen molar-refractivity contribution in [3.8, 4) is 23.6 Å². The van der Waals surface area contributed by atoms with E-state index in [-0.39, 0.29) is 0 Å². The molecule has 3 atom stereocenters. The molecule has 0 aliphatic heterocycles. The average molecular weight is 430 g/mol. The number of nitrogens with zero attached hydrogens (tertiary/aromatic N) is 2. The van der Waals surface area contributed by atoms with Crippen LogP contribution in [0.4, 0.5) is 0 Å². The molecule has 1 aliphatic rings. The lowest BCUT2D eigenvalue weighted by molar-refractivity contribution is -0.145. The molecule has 0 saturated heterocycles. The lowest BCUT2D eigenvalue weighted by Gasteiger charge is -2.22. The number of carbonyl (C=O) groups is 2. The second-order valence-electron chi connectivity index (χ2n) is 8.05. The monoisotopic (exact) mass is 430 g/mol. The number of benzene rings is 2. The molecule has 2 aromatic carbocycles. The molecule has 32 heavy (non-hydrogen) atoms. The lowest BCUT2D eigenvalue weighted by atomic mass is 9.78. The molecular weight excluding hydrogens is 408 g/mol. The Morgan fingerprint density at radius 1 is 1.12 bits per heavy atom. The molecule has 0 spiro atoms. The zero-order valence-corrected chi connectivity index (χ0v) is 17.7. The molecule has 7 nitrogen and oxygen atoms in total. The Hall–Kier alpha value is -4.10. The standard InChI is InChI=1S/C25H22N2O5/c1-24(2)21(11-12-22(28)31-14-13-26)25(24,23(29)30)20(16-27)17-7-6-10-19(15-17)32-18-8-4-3-5-9-18/h3-12,15,20-21H,14H2,1-2H3,(H,29,30)/b12-11-/t20-,21-,25+/m0/s1. The van der Waals surface area contributed by atoms with Crippen LogP contribution in [0.3, 0.4) is 0 Å². The first-order chi connectivity index (χ1) is 15.3. The van der Waals surface area contributed by atoms with Crippen molar-refractivity contribution in [2.75, 3.05) is 6.61 Å². The van der Waals surface area contributed by atoms with Crippen LogP contribution in [0, 0.1) is 39.4 Å². The quantitative estimate of drug-likeness (QED) is 0.485. The minimum Gasteiger partial charge on any atom is -0.481 e. The van der Waals surface area contributed by atoms with Gasteiger partial charge in [0.1, 0.15) is 23.0 Å². The number of allylic oxidation sites excluding steroid dienone is 1. The molecule has 0 bridgehead atoms. The Morgan fingerprint density at radius 2 is 1.81 bits per heavy atom. The smallest absolute Gasteiger partial charge is 0.331 e. The first-order valence-corrected chi connectivity index (χ1v) is 9.96. The summed E-state index contributed by atoms with van der Waals surface area (Å²) in [4.78, 5) is 24.3. The number of rotatable bonds is 8. The van der Waals surface area contributed by atoms with Crippen molar-refractivity contribution in [1.82, 2.24) is 0 Å². The Labute approximate surface area is 186 Å². The summed E-state index contributed by atoms with van der Waals surface area (Å²) in [7, 11) is 0. The Kier molecular flexibility index (Phi) is 6.32. The minimum absolute atomic E-state index is 0.393. The summed E-state index contributed by atoms with van der Waals surface area (Å²) in [6.45, 7) is 3.12. The van der Waals surface area contributed by atoms with Crippen LogP contribution in [0.1, 0.15) is 25.3 Å². The first-order valence-electron chi connectivity index (χ1n) is 9.96. The van der Waals surface area contributed by atoms with Gasteiger partial charge in [0.15, 0.2) is 6.61 Å². The average Bonchev–Trinajstić information content (AvgIpc) is 3.27. The molecular formula is C25H22N2O5. The number of carbonyl (C=O) groups excluding carboxylic acids is 1. The van der Waals surface area contributed by atoms with E-state index in [9.17, 15) is 20.0 Å². The summed E-state index contributed by atoms with van der Waals surface area (Å²) in [6, 6.07) is 19.8. The van der Waals surface area contributed by atoms with Crippen LogP contribution in [0.2, 0.25) is 0 Å². The van der Waals surface area contributed by atoms with Gasteiger partial charge < -0.3 is 14.6 Å². The van der Waals surface area contributed by atoms with E-state index in [1.54, 1.807) is 56.3 Å². The summed E-state index contributed by atoms with van der Waals surface area (Å²) in [5.74, 6) is -2.33. The fourth-order valence-electron chi connectivity index (χ4n) is 4.46. The highest BCUT2D eigenvalue weighted by atomic mass is 16.5. The van der Waals surface area contributed by atoms with Crippen LogP contribution in [-0.2, 0) is 14.3 Å². The zero-order chi connectivity index (χ0) is 23.4. The number of ether oxygens (including phenoxy) is 2. The number of carboxylic acid groups (broad SMARTS) is 1. The van der Waals surface area contributed by atoms with Crippen LogP contribution in [-0.4, -0.2) is 23.7 Å². The van der Waals surface area contributed by atoms with Crippen LogP contribution >= 0.6 is 0 Å². The van der Waals surface area contributed by atoms with Crippen molar-refractivity contribution in [2.24, 2.45) is 16.7 Å². The fourth-order valence-corrected chi connectivity index (χ4v) is 4.46. The summed E-state index contributed by atoms with van der Waals surface area (Å²) in [5.41, 5.74) is -1.74. The van der Waals surface area contributed by atoms with Crippen molar-refractivity contribution < 1.29 is 24.2 Å². The van der Waals surface area contributed by atoms with Crippen molar-refractivity contribution in [3.63, 3.8) is 0 Å². The SMILES string of the molecule is CC1(C)[C@H](/C=C\C(=O)OCC#N)[C@@]1(C(=O)O)[C@@H](C#N)c1cccc(Oc2ccccc2)c1. The molecule has 1 aliphatic carbocycles. The Bertz CT molecular complexity index is 1130. The molecule has 0 radical (unpaired) electrons. The van der Waals surface area contributed by atoms with Crippen LogP contribution in [0.5, 0.6) is 11.5 Å². The van der Waals surface area contributed by atoms with E-state index >= 15 is 0 Å². The van der Waals surface area contributed by atoms with Crippen molar-refractivity contribution in [1.29, 1.82) is 10.5 Å². The van der Waals surface area contributed by atoms with Crippen molar-refractivity contribution in [2.45, 2.75) is 19.8 Å². The maximum atomic E-state index is 12.5. The van der Waals surface area contributed by atoms with Crippen LogP contribution < -0.4 is 4.74 Å². The minimum atomic E-state index is -1.45. The summed E-state index contributed by atoms with van der Waals surface area (Å²) >= 11 is 0. The van der Waals surface area contributed by atoms with Gasteiger partial charge in [-0.2, -0.15) is 10.5 Å². The highest BCUT2D eigenvalue weighted by molar-refractivity contribution is 5.86. The van der Waals surface area contributed by atoms with Gasteiger partial charge in [-0.1, -0.05) is 50.3 Å². The molecule has 1 saturated carbocycles.